The molecule has 10 atom stereocenters. The maximum absolute atomic E-state index is 15.3. The molecule has 2 fully saturated rings. The molecule has 0 amide bonds. The van der Waals surface area contributed by atoms with Crippen molar-refractivity contribution in [1.29, 1.82) is 0 Å². The first-order valence-corrected chi connectivity index (χ1v) is 41.3. The monoisotopic (exact) mass is 2000 g/mol. The molecule has 11 aromatic carbocycles. The van der Waals surface area contributed by atoms with Gasteiger partial charge in [0.15, 0.2) is 167 Å². The van der Waals surface area contributed by atoms with Crippen molar-refractivity contribution >= 4 is 59.7 Å². The van der Waals surface area contributed by atoms with Crippen LogP contribution in [0.4, 0.5) is 0 Å². The van der Waals surface area contributed by atoms with Crippen LogP contribution in [0, 0.1) is 5.92 Å². The fraction of sp³-hybridized carbons (Fsp3) is 0.170. The highest BCUT2D eigenvalue weighted by Crippen LogP contribution is 2.63. The number of hydrogen-bond donors (Lipinski definition) is 26. The average molecular weight is 2000 g/mol. The molecule has 1 spiro atoms. The van der Waals surface area contributed by atoms with E-state index >= 15 is 14.4 Å². The van der Waals surface area contributed by atoms with Crippen LogP contribution in [0.15, 0.2) is 146 Å². The molecule has 50 heteroatoms. The summed E-state index contributed by atoms with van der Waals surface area (Å²) >= 11 is 0. The predicted octanol–water partition coefficient (Wildman–Crippen LogP) is 6.34. The topological polar surface area (TPSA) is 820 Å². The van der Waals surface area contributed by atoms with Crippen molar-refractivity contribution in [2.24, 2.45) is 5.92 Å². The highest BCUT2D eigenvalue weighted by molar-refractivity contribution is 6.00. The Kier molecular flexibility index (Phi) is 26.3. The molecule has 0 unspecified atom stereocenters. The molecule has 5 aliphatic rings. The molecule has 2 aliphatic carbocycles. The summed E-state index contributed by atoms with van der Waals surface area (Å²) in [6.45, 7) is -0.655. The molecule has 144 heavy (non-hydrogen) atoms. The van der Waals surface area contributed by atoms with Crippen molar-refractivity contribution in [2.75, 3.05) is 27.3 Å². The van der Waals surface area contributed by atoms with Crippen molar-refractivity contribution in [3.8, 4) is 184 Å². The molecule has 0 aromatic heterocycles. The highest BCUT2D eigenvalue weighted by Gasteiger charge is 2.65. The Balaban J connectivity index is 0.000000614. The molecule has 0 radical (unpaired) electrons. The molecule has 2 saturated heterocycles. The van der Waals surface area contributed by atoms with Crippen LogP contribution in [0.3, 0.4) is 0 Å². The van der Waals surface area contributed by atoms with Gasteiger partial charge in [-0.3, -0.25) is 0 Å². The normalized spacial score (nSPS) is 18.7. The van der Waals surface area contributed by atoms with E-state index in [2.05, 4.69) is 24.1 Å². The van der Waals surface area contributed by atoms with Gasteiger partial charge >= 0.3 is 59.7 Å². The van der Waals surface area contributed by atoms with Crippen molar-refractivity contribution < 1.29 is 242 Å². The summed E-state index contributed by atoms with van der Waals surface area (Å²) in [6, 6.07) is 13.3. The second-order valence-corrected chi connectivity index (χ2v) is 32.2. The largest absolute Gasteiger partial charge is 0.504 e. The van der Waals surface area contributed by atoms with Gasteiger partial charge in [-0.1, -0.05) is 18.2 Å². The van der Waals surface area contributed by atoms with Crippen LogP contribution >= 0.6 is 0 Å². The first kappa shape index (κ1) is 98.8. The predicted molar refractivity (Wildman–Crippen MR) is 465 cm³/mol. The number of rotatable bonds is 22. The molecular weight excluding hydrogens is 1930 g/mol. The van der Waals surface area contributed by atoms with Gasteiger partial charge in [0.1, 0.15) is 24.9 Å². The van der Waals surface area contributed by atoms with Gasteiger partial charge in [0.05, 0.1) is 62.7 Å². The maximum Gasteiger partial charge on any atom is 0.343 e. The third kappa shape index (κ3) is 18.8. The molecule has 50 nitrogen and oxygen atoms in total. The number of aromatic hydroxyl groups is 25. The molecule has 26 N–H and O–H groups in total. The summed E-state index contributed by atoms with van der Waals surface area (Å²) in [4.78, 5) is 145. The number of piperidine rings is 1. The lowest BCUT2D eigenvalue weighted by molar-refractivity contribution is -0.282. The van der Waals surface area contributed by atoms with Crippen LogP contribution in [0.5, 0.6) is 184 Å². The van der Waals surface area contributed by atoms with Crippen LogP contribution in [0.25, 0.3) is 0 Å². The Morgan fingerprint density at radius 2 is 0.611 bits per heavy atom. The second kappa shape index (κ2) is 38.4. The van der Waals surface area contributed by atoms with Gasteiger partial charge in [-0.25, -0.2) is 47.9 Å². The Morgan fingerprint density at radius 1 is 0.333 bits per heavy atom. The number of phenolic OH excluding ortho intramolecular Hbond substituents is 25. The van der Waals surface area contributed by atoms with E-state index in [1.165, 1.54) is 11.1 Å². The van der Waals surface area contributed by atoms with Gasteiger partial charge in [0, 0.05) is 22.9 Å². The summed E-state index contributed by atoms with van der Waals surface area (Å²) in [5.74, 6) is -53.9. The van der Waals surface area contributed by atoms with Crippen LogP contribution in [0.1, 0.15) is 121 Å². The first-order chi connectivity index (χ1) is 68.0. The van der Waals surface area contributed by atoms with Crippen molar-refractivity contribution in [2.45, 2.75) is 67.2 Å². The van der Waals surface area contributed by atoms with E-state index < -0.39 is 331 Å². The molecular formula is C94H73NO49. The minimum atomic E-state index is -3.12. The van der Waals surface area contributed by atoms with E-state index in [1.54, 1.807) is 7.11 Å². The minimum absolute atomic E-state index is 0.0806. The number of ether oxygens (including phenoxy) is 13. The summed E-state index contributed by atoms with van der Waals surface area (Å²) < 4.78 is 72.3. The third-order valence-corrected chi connectivity index (χ3v) is 23.3. The van der Waals surface area contributed by atoms with E-state index in [0.717, 1.165) is 30.9 Å². The molecule has 3 aliphatic heterocycles. The van der Waals surface area contributed by atoms with Crippen LogP contribution < -0.4 is 33.2 Å². The summed E-state index contributed by atoms with van der Waals surface area (Å²) in [6.07, 6.45) is -9.52. The third-order valence-electron chi connectivity index (χ3n) is 23.3. The molecule has 3 heterocycles. The van der Waals surface area contributed by atoms with E-state index in [1.807, 2.05) is 12.1 Å². The van der Waals surface area contributed by atoms with E-state index in [4.69, 9.17) is 61.6 Å². The van der Waals surface area contributed by atoms with Gasteiger partial charge < -0.3 is 199 Å². The summed E-state index contributed by atoms with van der Waals surface area (Å²) in [7, 11) is 3.91. The molecule has 16 rings (SSSR count). The lowest BCUT2D eigenvalue weighted by Gasteiger charge is -2.56. The Labute approximate surface area is 800 Å². The number of aliphatic hydroxyl groups excluding tert-OH is 1. The quantitative estimate of drug-likeness (QED) is 0.0116. The van der Waals surface area contributed by atoms with Gasteiger partial charge in [-0.2, -0.15) is 0 Å². The fourth-order valence-corrected chi connectivity index (χ4v) is 16.2. The highest BCUT2D eigenvalue weighted by atomic mass is 16.8. The molecule has 0 saturated carbocycles. The van der Waals surface area contributed by atoms with Crippen molar-refractivity contribution in [3.05, 3.63) is 212 Å². The van der Waals surface area contributed by atoms with Crippen molar-refractivity contribution in [3.63, 3.8) is 0 Å². The fourth-order valence-electron chi connectivity index (χ4n) is 16.2. The number of benzene rings is 11. The van der Waals surface area contributed by atoms with E-state index in [9.17, 15) is 166 Å². The van der Waals surface area contributed by atoms with Gasteiger partial charge in [-0.15, -0.1) is 0 Å². The molecule has 748 valence electrons. The number of methoxy groups -OCH3 is 1. The summed E-state index contributed by atoms with van der Waals surface area (Å²) in [5, 5.41) is 272. The number of phenols is 25. The number of likely N-dealkylation sites (N-methyl/N-ethyl adjacent to an activating group) is 1. The number of carbonyl (C=O) groups is 10. The number of aliphatic hydroxyl groups is 1. The lowest BCUT2D eigenvalue weighted by atomic mass is 9.53. The van der Waals surface area contributed by atoms with Gasteiger partial charge in [-0.05, 0) is 159 Å². The summed E-state index contributed by atoms with van der Waals surface area (Å²) in [5.41, 5.74) is -7.29. The molecule has 11 aromatic rings. The zero-order chi connectivity index (χ0) is 104. The Hall–Kier alpha value is -19.7. The standard InChI is InChI=1S/C76H52O46.C18H21NO3/c77-32-1-22(2-33(78)53(32)92)67(103)113-47-16-27(11-42(87)58(47)97)66(102)112-21-52-63(119-72(108)28-12-43(88)59(98)48(17-28)114-68(104)23-3-34(79)54(93)35(80)4-23)64(120-73(109)29-13-44(89)60(99)49(18-29)115-69(105)24-5-36(81)55(94)37(82)6-24)65(121-74(110)30-14-45(90)61(100)50(19-30)116-70(106)25-7-38(83)56(95)39(84)8-25)76(118-52)122-75(111)31-15-46(91)62(101)51(20-31)117-71(107)26-9-40(85)57(96)41(86)10-26;1-19-8-7-18-11-4-5-13(20)17(18)22-16-14(21-2)6-3-10(15(16)18)9-12(11)19/h1-20,52,63-65,76-101H,21H2;3-6,11-13,17,20H,7-9H2,1-2H3/t52-,63-,64+,65-,76+;11-,12+,13-,17-,18-/m10/s1. The first-order valence-electron chi connectivity index (χ1n) is 41.3. The number of nitrogens with zero attached hydrogens (tertiary/aromatic N) is 1. The maximum atomic E-state index is 15.3. The zero-order valence-electron chi connectivity index (χ0n) is 72.8. The number of hydrogen-bond acceptors (Lipinski definition) is 50. The zero-order valence-corrected chi connectivity index (χ0v) is 72.8. The number of carbonyl (C=O) groups excluding carboxylic acids is 10. The average Bonchev–Trinajstić information content (AvgIpc) is 1.51. The lowest BCUT2D eigenvalue weighted by Crippen LogP contribution is -2.64. The van der Waals surface area contributed by atoms with Crippen LogP contribution in [-0.4, -0.2) is 274 Å². The van der Waals surface area contributed by atoms with E-state index in [-0.39, 0.29) is 11.5 Å². The number of esters is 10. The number of likely N-dealkylation sites (tertiary alicyclic amines) is 1. The molecule has 2 bridgehead atoms. The van der Waals surface area contributed by atoms with Gasteiger partial charge in [0.25, 0.3) is 0 Å². The van der Waals surface area contributed by atoms with Crippen LogP contribution in [-0.2, 0) is 40.3 Å². The Morgan fingerprint density at radius 3 is 0.924 bits per heavy atom. The smallest absolute Gasteiger partial charge is 0.343 e. The SMILES string of the molecule is COc1ccc2c3c1O[C@H]1[C@@H](O)C=C[C@H]4[C@@H](C2)N(C)CC[C@@]341.O=C(OC[C@H]1O[C@@H](OC(=O)c2cc(O)c(O)c(OC(=O)c3cc(O)c(O)c(O)c3)c2)[C@H](OC(=O)c2cc(O)c(O)c(OC(=O)c3cc(O)c(O)c(O)c3)c2)[C@@H](OC(=O)c2cc(O)c(O)c(OC(=O)c3cc(O)c(O)c(O)c3)c2)[C@@H]1OC(=O)c1cc(O)c(O)c(OC(=O)c2cc(O)c(O)c(O)c2)c1)c1cc(O)c(O)c(OC(=O)c2cc(O)c(O)c(O)c2)c1. The van der Waals surface area contributed by atoms with E-state index in [0.29, 0.717) is 133 Å². The van der Waals surface area contributed by atoms with Crippen molar-refractivity contribution in [1.82, 2.24) is 4.90 Å². The van der Waals surface area contributed by atoms with Crippen LogP contribution in [0.2, 0.25) is 0 Å². The Bertz CT molecular complexity index is 7150. The second-order valence-electron chi connectivity index (χ2n) is 32.2. The minimum Gasteiger partial charge on any atom is -0.504 e. The van der Waals surface area contributed by atoms with Gasteiger partial charge in [0.2, 0.25) is 41.1 Å².